The second kappa shape index (κ2) is 8.28. The van der Waals surface area contributed by atoms with Crippen LogP contribution in [-0.4, -0.2) is 25.4 Å². The highest BCUT2D eigenvalue weighted by Gasteiger charge is 2.21. The standard InChI is InChI=1S/C15H18N2O2S/c1-4-17(12-9-7-6-8-10-12)14(20-3)13(11-16)15(18)19-5-2/h6-10H,4-5H2,1-3H3/b14-13-. The summed E-state index contributed by atoms with van der Waals surface area (Å²) < 4.78 is 4.95. The van der Waals surface area contributed by atoms with Gasteiger partial charge in [0.2, 0.25) is 0 Å². The molecule has 0 atom stereocenters. The van der Waals surface area contributed by atoms with Crippen molar-refractivity contribution in [2.24, 2.45) is 0 Å². The van der Waals surface area contributed by atoms with Gasteiger partial charge in [0.25, 0.3) is 0 Å². The normalized spacial score (nSPS) is 11.3. The van der Waals surface area contributed by atoms with Crippen LogP contribution in [0.1, 0.15) is 13.8 Å². The van der Waals surface area contributed by atoms with Crippen LogP contribution in [0.25, 0.3) is 0 Å². The molecule has 1 rings (SSSR count). The first-order chi connectivity index (χ1) is 9.69. The molecule has 0 N–H and O–H groups in total. The molecule has 4 nitrogen and oxygen atoms in total. The van der Waals surface area contributed by atoms with Gasteiger partial charge in [0.1, 0.15) is 11.1 Å². The van der Waals surface area contributed by atoms with E-state index in [9.17, 15) is 10.1 Å². The molecule has 0 aliphatic rings. The molecule has 0 aliphatic heterocycles. The lowest BCUT2D eigenvalue weighted by molar-refractivity contribution is -0.138. The summed E-state index contributed by atoms with van der Waals surface area (Å²) >= 11 is 1.37. The van der Waals surface area contributed by atoms with Gasteiger partial charge in [0.05, 0.1) is 6.61 Å². The molecule has 1 aromatic carbocycles. The molecule has 106 valence electrons. The molecule has 0 aromatic heterocycles. The first-order valence-electron chi connectivity index (χ1n) is 6.37. The van der Waals surface area contributed by atoms with E-state index in [1.807, 2.05) is 54.5 Å². The van der Waals surface area contributed by atoms with Gasteiger partial charge in [-0.2, -0.15) is 5.26 Å². The van der Waals surface area contributed by atoms with Crippen molar-refractivity contribution in [3.05, 3.63) is 40.9 Å². The van der Waals surface area contributed by atoms with E-state index in [0.29, 0.717) is 11.6 Å². The average Bonchev–Trinajstić information content (AvgIpc) is 2.48. The Labute approximate surface area is 124 Å². The van der Waals surface area contributed by atoms with Gasteiger partial charge < -0.3 is 9.64 Å². The van der Waals surface area contributed by atoms with E-state index in [1.165, 1.54) is 11.8 Å². The monoisotopic (exact) mass is 290 g/mol. The fourth-order valence-electron chi connectivity index (χ4n) is 1.78. The summed E-state index contributed by atoms with van der Waals surface area (Å²) in [6, 6.07) is 11.6. The highest BCUT2D eigenvalue weighted by molar-refractivity contribution is 8.02. The van der Waals surface area contributed by atoms with E-state index in [-0.39, 0.29) is 12.2 Å². The molecule has 0 saturated heterocycles. The Hall–Kier alpha value is -1.93. The van der Waals surface area contributed by atoms with E-state index in [0.717, 1.165) is 5.69 Å². The average molecular weight is 290 g/mol. The van der Waals surface area contributed by atoms with Gasteiger partial charge in [-0.25, -0.2) is 4.79 Å². The number of nitrogens with zero attached hydrogens (tertiary/aromatic N) is 2. The minimum atomic E-state index is -0.575. The van der Waals surface area contributed by atoms with Crippen molar-refractivity contribution in [3.8, 4) is 6.07 Å². The maximum atomic E-state index is 11.9. The first kappa shape index (κ1) is 16.1. The molecule has 0 fully saturated rings. The Morgan fingerprint density at radius 3 is 2.45 bits per heavy atom. The summed E-state index contributed by atoms with van der Waals surface area (Å²) in [4.78, 5) is 13.8. The number of para-hydroxylation sites is 1. The first-order valence-corrected chi connectivity index (χ1v) is 7.60. The molecule has 0 aliphatic carbocycles. The minimum absolute atomic E-state index is 0.0463. The summed E-state index contributed by atoms with van der Waals surface area (Å²) in [7, 11) is 0. The number of hydrogen-bond acceptors (Lipinski definition) is 5. The Bertz CT molecular complexity index is 520. The van der Waals surface area contributed by atoms with Crippen LogP contribution < -0.4 is 4.90 Å². The molecular weight excluding hydrogens is 272 g/mol. The molecule has 0 spiro atoms. The maximum absolute atomic E-state index is 11.9. The number of carbonyl (C=O) groups is 1. The highest BCUT2D eigenvalue weighted by atomic mass is 32.2. The summed E-state index contributed by atoms with van der Waals surface area (Å²) in [5.74, 6) is -0.575. The summed E-state index contributed by atoms with van der Waals surface area (Å²) in [6.45, 7) is 4.61. The summed E-state index contributed by atoms with van der Waals surface area (Å²) in [5.41, 5.74) is 0.987. The number of thioether (sulfide) groups is 1. The number of nitriles is 1. The van der Waals surface area contributed by atoms with Gasteiger partial charge >= 0.3 is 5.97 Å². The number of hydrogen-bond donors (Lipinski definition) is 0. The Morgan fingerprint density at radius 1 is 1.35 bits per heavy atom. The van der Waals surface area contributed by atoms with Crippen LogP contribution in [0.5, 0.6) is 0 Å². The zero-order valence-corrected chi connectivity index (χ0v) is 12.7. The van der Waals surface area contributed by atoms with Crippen molar-refractivity contribution in [3.63, 3.8) is 0 Å². The quantitative estimate of drug-likeness (QED) is 0.457. The predicted molar refractivity (Wildman–Crippen MR) is 82.2 cm³/mol. The van der Waals surface area contributed by atoms with Crippen LogP contribution in [0.2, 0.25) is 0 Å². The van der Waals surface area contributed by atoms with Crippen LogP contribution in [0, 0.1) is 11.3 Å². The van der Waals surface area contributed by atoms with Crippen molar-refractivity contribution in [2.45, 2.75) is 13.8 Å². The predicted octanol–water partition coefficient (Wildman–Crippen LogP) is 3.17. The van der Waals surface area contributed by atoms with Crippen LogP contribution in [0.15, 0.2) is 40.9 Å². The number of anilines is 1. The van der Waals surface area contributed by atoms with Crippen molar-refractivity contribution in [1.29, 1.82) is 5.26 Å². The summed E-state index contributed by atoms with van der Waals surface area (Å²) in [6.07, 6.45) is 1.84. The molecular formula is C15H18N2O2S. The van der Waals surface area contributed by atoms with Crippen molar-refractivity contribution in [1.82, 2.24) is 0 Å². The van der Waals surface area contributed by atoms with Crippen LogP contribution >= 0.6 is 11.8 Å². The maximum Gasteiger partial charge on any atom is 0.351 e. The Kier molecular flexibility index (Phi) is 6.68. The van der Waals surface area contributed by atoms with E-state index >= 15 is 0 Å². The second-order valence-corrected chi connectivity index (χ2v) is 4.59. The lowest BCUT2D eigenvalue weighted by atomic mass is 10.2. The number of esters is 1. The molecule has 0 radical (unpaired) electrons. The van der Waals surface area contributed by atoms with Crippen molar-refractivity contribution < 1.29 is 9.53 Å². The van der Waals surface area contributed by atoms with E-state index in [4.69, 9.17) is 4.74 Å². The van der Waals surface area contributed by atoms with Gasteiger partial charge in [0, 0.05) is 12.2 Å². The SMILES string of the molecule is CCOC(=O)/C(C#N)=C(\SC)N(CC)c1ccccc1. The largest absolute Gasteiger partial charge is 0.462 e. The summed E-state index contributed by atoms with van der Waals surface area (Å²) in [5, 5.41) is 9.88. The van der Waals surface area contributed by atoms with Crippen molar-refractivity contribution in [2.75, 3.05) is 24.3 Å². The lowest BCUT2D eigenvalue weighted by Crippen LogP contribution is -2.24. The molecule has 0 heterocycles. The fraction of sp³-hybridized carbons (Fsp3) is 0.333. The van der Waals surface area contributed by atoms with Crippen LogP contribution in [-0.2, 0) is 9.53 Å². The molecule has 0 saturated carbocycles. The Balaban J connectivity index is 3.26. The molecule has 20 heavy (non-hydrogen) atoms. The highest BCUT2D eigenvalue weighted by Crippen LogP contribution is 2.28. The molecule has 5 heteroatoms. The van der Waals surface area contributed by atoms with Gasteiger partial charge in [0.15, 0.2) is 5.57 Å². The Morgan fingerprint density at radius 2 is 2.00 bits per heavy atom. The smallest absolute Gasteiger partial charge is 0.351 e. The van der Waals surface area contributed by atoms with E-state index in [2.05, 4.69) is 0 Å². The van der Waals surface area contributed by atoms with Crippen LogP contribution in [0.4, 0.5) is 5.69 Å². The van der Waals surface area contributed by atoms with Crippen LogP contribution in [0.3, 0.4) is 0 Å². The van der Waals surface area contributed by atoms with Gasteiger partial charge in [-0.1, -0.05) is 18.2 Å². The lowest BCUT2D eigenvalue weighted by Gasteiger charge is -2.25. The van der Waals surface area contributed by atoms with Gasteiger partial charge in [-0.05, 0) is 32.2 Å². The third-order valence-electron chi connectivity index (χ3n) is 2.63. The minimum Gasteiger partial charge on any atom is -0.462 e. The second-order valence-electron chi connectivity index (χ2n) is 3.80. The third kappa shape index (κ3) is 3.78. The van der Waals surface area contributed by atoms with Gasteiger partial charge in [-0.3, -0.25) is 0 Å². The van der Waals surface area contributed by atoms with E-state index in [1.54, 1.807) is 6.92 Å². The van der Waals surface area contributed by atoms with E-state index < -0.39 is 5.97 Å². The molecule has 0 unspecified atom stereocenters. The van der Waals surface area contributed by atoms with Gasteiger partial charge in [-0.15, -0.1) is 11.8 Å². The molecule has 0 bridgehead atoms. The number of benzene rings is 1. The topological polar surface area (TPSA) is 53.3 Å². The zero-order valence-electron chi connectivity index (χ0n) is 11.9. The number of carbonyl (C=O) groups excluding carboxylic acids is 1. The third-order valence-corrected chi connectivity index (χ3v) is 3.44. The number of rotatable bonds is 6. The fourth-order valence-corrected chi connectivity index (χ4v) is 2.57. The number of ether oxygens (including phenoxy) is 1. The molecule has 1 aromatic rings. The molecule has 0 amide bonds. The zero-order chi connectivity index (χ0) is 15.0. The van der Waals surface area contributed by atoms with Crippen molar-refractivity contribution >= 4 is 23.4 Å².